The Morgan fingerprint density at radius 2 is 1.70 bits per heavy atom. The highest BCUT2D eigenvalue weighted by molar-refractivity contribution is 5.93. The minimum absolute atomic E-state index is 0.105. The van der Waals surface area contributed by atoms with E-state index in [1.54, 1.807) is 12.0 Å². The van der Waals surface area contributed by atoms with Gasteiger partial charge >= 0.3 is 0 Å². The number of anilines is 1. The first-order valence-corrected chi connectivity index (χ1v) is 14.0. The van der Waals surface area contributed by atoms with Crippen molar-refractivity contribution in [2.24, 2.45) is 5.92 Å². The molecule has 0 spiro atoms. The lowest BCUT2D eigenvalue weighted by Crippen LogP contribution is -2.56. The van der Waals surface area contributed by atoms with Crippen LogP contribution in [-0.2, 0) is 14.4 Å². The van der Waals surface area contributed by atoms with Crippen LogP contribution in [0.1, 0.15) is 44.7 Å². The highest BCUT2D eigenvalue weighted by Crippen LogP contribution is 2.32. The van der Waals surface area contributed by atoms with Gasteiger partial charge in [-0.15, -0.1) is 0 Å². The number of carbonyl (C=O) groups excluding carboxylic acids is 3. The number of nitrogens with one attached hydrogen (secondary N) is 2. The summed E-state index contributed by atoms with van der Waals surface area (Å²) in [5.74, 6) is -0.334. The molecule has 0 bridgehead atoms. The van der Waals surface area contributed by atoms with Crippen LogP contribution < -0.4 is 20.3 Å². The van der Waals surface area contributed by atoms with Gasteiger partial charge in [0, 0.05) is 25.3 Å². The average Bonchev–Trinajstić information content (AvgIpc) is 3.45. The molecule has 0 saturated carbocycles. The van der Waals surface area contributed by atoms with Crippen LogP contribution in [0.25, 0.3) is 0 Å². The number of ether oxygens (including phenoxy) is 1. The van der Waals surface area contributed by atoms with E-state index in [1.807, 2.05) is 85.5 Å². The SMILES string of the molecule is COc1ccc(N2C/C=C/CNC(=O)[C@@H]3CCCN3C(=O)[C@H](CC(C)C)NC(=O)[C@@H](O)[C@@H]2c2ccccc2)cc1. The number of amides is 3. The normalized spacial score (nSPS) is 25.5. The molecule has 9 nitrogen and oxygen atoms in total. The maximum Gasteiger partial charge on any atom is 0.252 e. The Hall–Kier alpha value is -3.85. The van der Waals surface area contributed by atoms with Crippen LogP contribution in [0.2, 0.25) is 0 Å². The summed E-state index contributed by atoms with van der Waals surface area (Å²) >= 11 is 0. The van der Waals surface area contributed by atoms with Crippen LogP contribution in [-0.4, -0.2) is 72.7 Å². The van der Waals surface area contributed by atoms with Crippen molar-refractivity contribution < 1.29 is 24.2 Å². The monoisotopic (exact) mass is 548 g/mol. The largest absolute Gasteiger partial charge is 0.497 e. The lowest BCUT2D eigenvalue weighted by molar-refractivity contribution is -0.143. The van der Waals surface area contributed by atoms with Crippen molar-refractivity contribution in [3.8, 4) is 5.75 Å². The molecule has 1 saturated heterocycles. The number of fused-ring (bicyclic) bond motifs is 1. The number of rotatable bonds is 5. The predicted octanol–water partition coefficient (Wildman–Crippen LogP) is 2.81. The topological polar surface area (TPSA) is 111 Å². The summed E-state index contributed by atoms with van der Waals surface area (Å²) in [6, 6.07) is 14.6. The zero-order valence-electron chi connectivity index (χ0n) is 23.5. The summed E-state index contributed by atoms with van der Waals surface area (Å²) < 4.78 is 5.33. The van der Waals surface area contributed by atoms with Gasteiger partial charge in [0.15, 0.2) is 6.10 Å². The Kier molecular flexibility index (Phi) is 9.82. The molecule has 40 heavy (non-hydrogen) atoms. The van der Waals surface area contributed by atoms with Crippen molar-refractivity contribution in [1.82, 2.24) is 15.5 Å². The van der Waals surface area contributed by atoms with E-state index < -0.39 is 30.1 Å². The quantitative estimate of drug-likeness (QED) is 0.496. The van der Waals surface area contributed by atoms with Crippen LogP contribution in [0.15, 0.2) is 66.7 Å². The molecule has 3 N–H and O–H groups in total. The van der Waals surface area contributed by atoms with Gasteiger partial charge in [0.1, 0.15) is 17.8 Å². The summed E-state index contributed by atoms with van der Waals surface area (Å²) in [4.78, 5) is 44.0. The second-order valence-corrected chi connectivity index (χ2v) is 10.7. The second kappa shape index (κ2) is 13.5. The van der Waals surface area contributed by atoms with E-state index in [-0.39, 0.29) is 17.7 Å². The van der Waals surface area contributed by atoms with E-state index in [4.69, 9.17) is 4.74 Å². The molecule has 0 radical (unpaired) electrons. The van der Waals surface area contributed by atoms with Gasteiger partial charge in [-0.1, -0.05) is 56.3 Å². The molecule has 0 aliphatic carbocycles. The van der Waals surface area contributed by atoms with Gasteiger partial charge in [0.05, 0.1) is 13.2 Å². The number of aliphatic hydroxyl groups excluding tert-OH is 1. The number of hydrogen-bond acceptors (Lipinski definition) is 6. The minimum Gasteiger partial charge on any atom is -0.497 e. The van der Waals surface area contributed by atoms with E-state index in [1.165, 1.54) is 0 Å². The van der Waals surface area contributed by atoms with Crippen molar-refractivity contribution in [1.29, 1.82) is 0 Å². The molecule has 4 rings (SSSR count). The van der Waals surface area contributed by atoms with Crippen LogP contribution >= 0.6 is 0 Å². The van der Waals surface area contributed by atoms with Crippen LogP contribution in [0.5, 0.6) is 5.75 Å². The Morgan fingerprint density at radius 3 is 2.38 bits per heavy atom. The maximum absolute atomic E-state index is 13.7. The molecule has 2 aliphatic rings. The lowest BCUT2D eigenvalue weighted by atomic mass is 9.96. The van der Waals surface area contributed by atoms with E-state index in [0.717, 1.165) is 17.7 Å². The minimum atomic E-state index is -1.49. The summed E-state index contributed by atoms with van der Waals surface area (Å²) in [6.07, 6.45) is 3.96. The fourth-order valence-corrected chi connectivity index (χ4v) is 5.48. The molecule has 2 aromatic rings. The molecule has 4 atom stereocenters. The van der Waals surface area contributed by atoms with Crippen molar-refractivity contribution in [2.45, 2.75) is 57.3 Å². The highest BCUT2D eigenvalue weighted by Gasteiger charge is 2.40. The van der Waals surface area contributed by atoms with Gasteiger partial charge in [0.2, 0.25) is 11.8 Å². The van der Waals surface area contributed by atoms with Gasteiger partial charge in [-0.2, -0.15) is 0 Å². The van der Waals surface area contributed by atoms with Gasteiger partial charge < -0.3 is 30.3 Å². The van der Waals surface area contributed by atoms with Crippen molar-refractivity contribution in [2.75, 3.05) is 31.6 Å². The predicted molar refractivity (Wildman–Crippen MR) is 154 cm³/mol. The van der Waals surface area contributed by atoms with Gasteiger partial charge in [-0.05, 0) is 55.0 Å². The van der Waals surface area contributed by atoms with E-state index in [0.29, 0.717) is 38.2 Å². The smallest absolute Gasteiger partial charge is 0.252 e. The molecule has 3 amide bonds. The first-order valence-electron chi connectivity index (χ1n) is 14.0. The van der Waals surface area contributed by atoms with Crippen LogP contribution in [0, 0.1) is 5.92 Å². The molecule has 1 fully saturated rings. The van der Waals surface area contributed by atoms with Gasteiger partial charge in [-0.25, -0.2) is 0 Å². The lowest BCUT2D eigenvalue weighted by Gasteiger charge is -2.36. The van der Waals surface area contributed by atoms with Crippen molar-refractivity contribution in [3.63, 3.8) is 0 Å². The molecular weight excluding hydrogens is 508 g/mol. The number of hydrogen-bond donors (Lipinski definition) is 3. The average molecular weight is 549 g/mol. The molecule has 214 valence electrons. The molecule has 0 unspecified atom stereocenters. The number of aliphatic hydroxyl groups is 1. The van der Waals surface area contributed by atoms with E-state index in [2.05, 4.69) is 10.6 Å². The number of carbonyl (C=O) groups is 3. The first-order chi connectivity index (χ1) is 19.3. The fraction of sp³-hybridized carbons (Fsp3) is 0.452. The maximum atomic E-state index is 13.7. The van der Waals surface area contributed by atoms with Crippen molar-refractivity contribution >= 4 is 23.4 Å². The van der Waals surface area contributed by atoms with E-state index >= 15 is 0 Å². The summed E-state index contributed by atoms with van der Waals surface area (Å²) in [7, 11) is 1.59. The Balaban J connectivity index is 1.76. The highest BCUT2D eigenvalue weighted by atomic mass is 16.5. The molecule has 2 aromatic carbocycles. The summed E-state index contributed by atoms with van der Waals surface area (Å²) in [5.41, 5.74) is 1.52. The zero-order chi connectivity index (χ0) is 28.6. The van der Waals surface area contributed by atoms with Gasteiger partial charge in [-0.3, -0.25) is 14.4 Å². The third-order valence-electron chi connectivity index (χ3n) is 7.47. The van der Waals surface area contributed by atoms with E-state index in [9.17, 15) is 19.5 Å². The molecule has 0 aromatic heterocycles. The summed E-state index contributed by atoms with van der Waals surface area (Å²) in [5, 5.41) is 17.5. The zero-order valence-corrected chi connectivity index (χ0v) is 23.5. The fourth-order valence-electron chi connectivity index (χ4n) is 5.48. The Bertz CT molecular complexity index is 1180. The Morgan fingerprint density at radius 1 is 0.975 bits per heavy atom. The molecule has 2 heterocycles. The third kappa shape index (κ3) is 6.83. The van der Waals surface area contributed by atoms with Crippen LogP contribution in [0.3, 0.4) is 0 Å². The third-order valence-corrected chi connectivity index (χ3v) is 7.47. The first kappa shape index (κ1) is 29.1. The standard InChI is InChI=1S/C31H40N4O5/c1-21(2)20-25-31(39)35-19-9-12-26(35)29(37)32-17-7-8-18-34(23-13-15-24(40-3)16-14-23)27(28(36)30(38)33-25)22-10-5-4-6-11-22/h4-8,10-11,13-16,21,25-28,36H,9,12,17-20H2,1-3H3,(H,32,37)(H,33,38)/b8-7+/t25-,26-,27-,28-/m0/s1. The Labute approximate surface area is 236 Å². The number of nitrogens with zero attached hydrogens (tertiary/aromatic N) is 2. The number of methoxy groups -OCH3 is 1. The number of benzene rings is 2. The van der Waals surface area contributed by atoms with Crippen molar-refractivity contribution in [3.05, 3.63) is 72.3 Å². The van der Waals surface area contributed by atoms with Crippen LogP contribution in [0.4, 0.5) is 5.69 Å². The molecule has 2 aliphatic heterocycles. The summed E-state index contributed by atoms with van der Waals surface area (Å²) in [6.45, 7) is 5.07. The molecular formula is C31H40N4O5. The molecule has 9 heteroatoms. The second-order valence-electron chi connectivity index (χ2n) is 10.7. The van der Waals surface area contributed by atoms with Gasteiger partial charge in [0.25, 0.3) is 5.91 Å².